The van der Waals surface area contributed by atoms with Crippen molar-refractivity contribution in [3.63, 3.8) is 0 Å². The lowest BCUT2D eigenvalue weighted by Crippen LogP contribution is -2.61. The molecule has 0 aliphatic carbocycles. The molecule has 2 fully saturated rings. The lowest BCUT2D eigenvalue weighted by Gasteiger charge is -2.54. The number of amides is 1. The third-order valence-electron chi connectivity index (χ3n) is 8.11. The summed E-state index contributed by atoms with van der Waals surface area (Å²) in [6, 6.07) is 5.10. The van der Waals surface area contributed by atoms with Gasteiger partial charge in [0.2, 0.25) is 0 Å². The number of ketones is 1. The van der Waals surface area contributed by atoms with Gasteiger partial charge in [-0.05, 0) is 58.2 Å². The maximum absolute atomic E-state index is 12.7. The Morgan fingerprint density at radius 1 is 1.16 bits per heavy atom. The van der Waals surface area contributed by atoms with E-state index in [2.05, 4.69) is 9.64 Å². The van der Waals surface area contributed by atoms with Crippen molar-refractivity contribution < 1.29 is 33.0 Å². The number of ether oxygens (including phenoxy) is 2. The third-order valence-corrected chi connectivity index (χ3v) is 8.44. The number of carbonyl (C=O) groups excluding carboxylic acids is 2. The minimum absolute atomic E-state index is 0.0784. The molecular formula is C31H40ClF2N5O5. The van der Waals surface area contributed by atoms with E-state index < -0.39 is 25.2 Å². The number of benzene rings is 1. The van der Waals surface area contributed by atoms with Gasteiger partial charge in [0.15, 0.2) is 18.2 Å². The lowest BCUT2D eigenvalue weighted by atomic mass is 9.72. The molecule has 3 heterocycles. The summed E-state index contributed by atoms with van der Waals surface area (Å²) in [5, 5.41) is 10.5. The normalized spacial score (nSPS) is 17.3. The summed E-state index contributed by atoms with van der Waals surface area (Å²) in [5.41, 5.74) is 8.32. The van der Waals surface area contributed by atoms with Gasteiger partial charge in [-0.2, -0.15) is 0 Å². The number of carbonyl (C=O) groups is 2. The number of likely N-dealkylation sites (tertiary alicyclic amines) is 1. The largest absolute Gasteiger partial charge is 0.491 e. The van der Waals surface area contributed by atoms with E-state index >= 15 is 0 Å². The molecule has 1 aromatic heterocycles. The molecule has 240 valence electrons. The van der Waals surface area contributed by atoms with Gasteiger partial charge >= 0.3 is 6.09 Å². The summed E-state index contributed by atoms with van der Waals surface area (Å²) in [7, 11) is 0. The zero-order valence-corrected chi connectivity index (χ0v) is 26.3. The van der Waals surface area contributed by atoms with Crippen molar-refractivity contribution in [1.82, 2.24) is 14.9 Å². The average Bonchev–Trinajstić information content (AvgIpc) is 2.95. The molecule has 1 aromatic carbocycles. The number of anilines is 1. The van der Waals surface area contributed by atoms with Crippen molar-refractivity contribution in [3.8, 4) is 17.1 Å². The first-order chi connectivity index (χ1) is 20.8. The number of hydrogen-bond donors (Lipinski definition) is 2. The molecule has 2 aliphatic heterocycles. The van der Waals surface area contributed by atoms with Crippen LogP contribution in [0.15, 0.2) is 23.9 Å². The molecule has 2 aliphatic rings. The number of alkyl halides is 2. The second-order valence-electron chi connectivity index (χ2n) is 11.7. The Morgan fingerprint density at radius 2 is 1.84 bits per heavy atom. The molecule has 0 bridgehead atoms. The zero-order valence-electron chi connectivity index (χ0n) is 25.5. The van der Waals surface area contributed by atoms with Crippen molar-refractivity contribution in [2.75, 3.05) is 44.3 Å². The molecule has 4 rings (SSSR count). The van der Waals surface area contributed by atoms with Crippen LogP contribution < -0.4 is 15.4 Å². The highest BCUT2D eigenvalue weighted by Gasteiger charge is 2.47. The van der Waals surface area contributed by atoms with Crippen LogP contribution in [0.3, 0.4) is 0 Å². The number of rotatable bonds is 11. The van der Waals surface area contributed by atoms with Gasteiger partial charge in [-0.1, -0.05) is 24.9 Å². The molecule has 13 heteroatoms. The van der Waals surface area contributed by atoms with Gasteiger partial charge in [-0.3, -0.25) is 4.79 Å². The Labute approximate surface area is 261 Å². The number of aliphatic hydroxyl groups is 1. The molecule has 0 unspecified atom stereocenters. The highest BCUT2D eigenvalue weighted by atomic mass is 35.5. The first-order valence-corrected chi connectivity index (χ1v) is 15.1. The first-order valence-electron chi connectivity index (χ1n) is 14.8. The molecule has 10 nitrogen and oxygen atoms in total. The maximum Gasteiger partial charge on any atom is 0.409 e. The number of nitrogens with zero attached hydrogens (tertiary/aromatic N) is 4. The van der Waals surface area contributed by atoms with Gasteiger partial charge in [0.1, 0.15) is 18.2 Å². The topological polar surface area (TPSA) is 131 Å². The van der Waals surface area contributed by atoms with E-state index in [-0.39, 0.29) is 17.8 Å². The predicted molar refractivity (Wildman–Crippen MR) is 164 cm³/mol. The third kappa shape index (κ3) is 7.58. The summed E-state index contributed by atoms with van der Waals surface area (Å²) in [4.78, 5) is 38.1. The van der Waals surface area contributed by atoms with Crippen molar-refractivity contribution in [2.45, 2.75) is 65.9 Å². The second kappa shape index (κ2) is 14.1. The van der Waals surface area contributed by atoms with Crippen molar-refractivity contribution in [3.05, 3.63) is 40.2 Å². The number of halogens is 3. The lowest BCUT2D eigenvalue weighted by molar-refractivity contribution is -0.111. The fraction of sp³-hybridized carbons (Fsp3) is 0.548. The van der Waals surface area contributed by atoms with Gasteiger partial charge < -0.3 is 30.1 Å². The summed E-state index contributed by atoms with van der Waals surface area (Å²) in [5.74, 6) is 1.19. The molecule has 0 radical (unpaired) electrons. The van der Waals surface area contributed by atoms with Crippen LogP contribution >= 0.6 is 11.6 Å². The SMILES string of the molecule is CCC[C@@H](O)COc1ccc(Cl)c(-c2nc(C(C(C)=O)=C(C)N)c(C)c(N3CC4(CCN(C(=O)OCC(F)F)CC4)C3)n2)c1. The molecule has 1 atom stereocenters. The second-order valence-corrected chi connectivity index (χ2v) is 12.1. The van der Waals surface area contributed by atoms with E-state index in [9.17, 15) is 23.5 Å². The van der Waals surface area contributed by atoms with Crippen LogP contribution in [0.5, 0.6) is 5.75 Å². The van der Waals surface area contributed by atoms with Gasteiger partial charge in [-0.25, -0.2) is 23.5 Å². The number of nitrogens with two attached hydrogens (primary N) is 1. The van der Waals surface area contributed by atoms with Crippen molar-refractivity contribution in [2.24, 2.45) is 11.1 Å². The quantitative estimate of drug-likeness (QED) is 0.319. The highest BCUT2D eigenvalue weighted by Crippen LogP contribution is 2.44. The summed E-state index contributed by atoms with van der Waals surface area (Å²) < 4.78 is 35.4. The molecular weight excluding hydrogens is 596 g/mol. The fourth-order valence-electron chi connectivity index (χ4n) is 5.80. The Kier molecular flexibility index (Phi) is 10.7. The zero-order chi connectivity index (χ0) is 32.2. The standard InChI is InChI=1S/C31H40ClF2N5O5/c1-5-6-21(41)14-43-22-7-8-24(32)23(13-22)28-36-27(26(19(3)35)20(4)40)18(2)29(37-28)39-16-31(17-39)9-11-38(12-10-31)30(42)44-15-25(33)34/h7-8,13,21,25,41H,5-6,9-12,14-17,35H2,1-4H3/t21-/m1/s1. The first kappa shape index (κ1) is 33.4. The van der Waals surface area contributed by atoms with Gasteiger partial charge in [0.25, 0.3) is 6.43 Å². The molecule has 2 aromatic rings. The monoisotopic (exact) mass is 635 g/mol. The summed E-state index contributed by atoms with van der Waals surface area (Å²) in [6.45, 7) is 8.26. The van der Waals surface area contributed by atoms with Crippen LogP contribution in [0, 0.1) is 12.3 Å². The van der Waals surface area contributed by atoms with Gasteiger partial charge in [0, 0.05) is 48.4 Å². The maximum atomic E-state index is 12.7. The van der Waals surface area contributed by atoms with Crippen LogP contribution in [0.4, 0.5) is 19.4 Å². The molecule has 0 saturated carbocycles. The van der Waals surface area contributed by atoms with Crippen LogP contribution in [-0.4, -0.2) is 83.8 Å². The molecule has 44 heavy (non-hydrogen) atoms. The molecule has 3 N–H and O–H groups in total. The molecule has 1 amide bonds. The van der Waals surface area contributed by atoms with Crippen molar-refractivity contribution in [1.29, 1.82) is 0 Å². The summed E-state index contributed by atoms with van der Waals surface area (Å²) in [6.07, 6.45) is -1.20. The van der Waals surface area contributed by atoms with E-state index in [1.807, 2.05) is 13.8 Å². The van der Waals surface area contributed by atoms with E-state index in [0.717, 1.165) is 6.42 Å². The predicted octanol–water partition coefficient (Wildman–Crippen LogP) is 5.23. The molecule has 1 spiro atoms. The molecule has 2 saturated heterocycles. The van der Waals surface area contributed by atoms with E-state index in [4.69, 9.17) is 32.0 Å². The fourth-order valence-corrected chi connectivity index (χ4v) is 6.00. The van der Waals surface area contributed by atoms with Crippen LogP contribution in [0.2, 0.25) is 5.02 Å². The average molecular weight is 636 g/mol. The van der Waals surface area contributed by atoms with Crippen LogP contribution in [0.25, 0.3) is 17.0 Å². The Bertz CT molecular complexity index is 1400. The van der Waals surface area contributed by atoms with Crippen LogP contribution in [-0.2, 0) is 9.53 Å². The minimum atomic E-state index is -2.70. The Hall–Kier alpha value is -3.51. The number of Topliss-reactive ketones (excluding diaryl/α,β-unsaturated/α-hetero) is 1. The van der Waals surface area contributed by atoms with Crippen LogP contribution in [0.1, 0.15) is 57.7 Å². The van der Waals surface area contributed by atoms with Gasteiger partial charge in [-0.15, -0.1) is 0 Å². The number of aliphatic hydroxyl groups excluding tert-OH is 1. The minimum Gasteiger partial charge on any atom is -0.491 e. The van der Waals surface area contributed by atoms with Gasteiger partial charge in [0.05, 0.1) is 22.4 Å². The van der Waals surface area contributed by atoms with Crippen molar-refractivity contribution >= 4 is 34.9 Å². The summed E-state index contributed by atoms with van der Waals surface area (Å²) >= 11 is 6.63. The van der Waals surface area contributed by atoms with E-state index in [0.29, 0.717) is 95.9 Å². The van der Waals surface area contributed by atoms with E-state index in [1.165, 1.54) is 11.8 Å². The number of hydrogen-bond acceptors (Lipinski definition) is 9. The number of aromatic nitrogens is 2. The number of allylic oxidation sites excluding steroid dienone is 2. The van der Waals surface area contributed by atoms with E-state index in [1.54, 1.807) is 25.1 Å². The number of piperidine rings is 1. The Balaban J connectivity index is 1.62. The smallest absolute Gasteiger partial charge is 0.409 e. The Morgan fingerprint density at radius 3 is 2.43 bits per heavy atom. The highest BCUT2D eigenvalue weighted by molar-refractivity contribution is 6.33.